The topological polar surface area (TPSA) is 37.3 Å². The van der Waals surface area contributed by atoms with E-state index in [0.29, 0.717) is 22.9 Å². The van der Waals surface area contributed by atoms with Crippen molar-refractivity contribution >= 4 is 21.7 Å². The third kappa shape index (κ3) is 3.42. The van der Waals surface area contributed by atoms with Gasteiger partial charge in [0.15, 0.2) is 0 Å². The number of aliphatic hydroxyl groups is 1. The zero-order valence-corrected chi connectivity index (χ0v) is 16.6. The van der Waals surface area contributed by atoms with Crippen LogP contribution in [0.1, 0.15) is 72.1 Å². The van der Waals surface area contributed by atoms with E-state index in [4.69, 9.17) is 0 Å². The number of hydrogen-bond donors (Lipinski definition) is 1. The summed E-state index contributed by atoms with van der Waals surface area (Å²) < 4.78 is 0. The molecule has 3 heteroatoms. The molecule has 0 unspecified atom stereocenters. The number of hydrogen-bond acceptors (Lipinski definition) is 2. The van der Waals surface area contributed by atoms with E-state index >= 15 is 0 Å². The molecule has 3 fully saturated rings. The highest BCUT2D eigenvalue weighted by molar-refractivity contribution is 9.09. The molecule has 6 atom stereocenters. The zero-order chi connectivity index (χ0) is 16.8. The predicted molar refractivity (Wildman–Crippen MR) is 97.6 cm³/mol. The average Bonchev–Trinajstić information content (AvgIpc) is 2.82. The molecule has 3 aliphatic carbocycles. The molecule has 0 aromatic heterocycles. The van der Waals surface area contributed by atoms with E-state index in [2.05, 4.69) is 22.9 Å². The number of halogens is 1. The van der Waals surface area contributed by atoms with Crippen molar-refractivity contribution in [3.05, 3.63) is 0 Å². The molecule has 0 spiro atoms. The van der Waals surface area contributed by atoms with Crippen molar-refractivity contribution in [2.75, 3.05) is 5.33 Å². The fourth-order valence-corrected chi connectivity index (χ4v) is 6.97. The fourth-order valence-electron chi connectivity index (χ4n) is 6.58. The Morgan fingerprint density at radius 3 is 2.61 bits per heavy atom. The largest absolute Gasteiger partial charge is 0.390 e. The molecule has 0 bridgehead atoms. The van der Waals surface area contributed by atoms with Crippen LogP contribution in [0.25, 0.3) is 0 Å². The Kier molecular flexibility index (Phi) is 5.02. The maximum atomic E-state index is 12.4. The van der Waals surface area contributed by atoms with Gasteiger partial charge in [-0.05, 0) is 87.9 Å². The second-order valence-corrected chi connectivity index (χ2v) is 10.1. The first kappa shape index (κ1) is 17.9. The molecular formula is C20H33BrO2. The molecule has 3 aliphatic rings. The Balaban J connectivity index is 1.69. The highest BCUT2D eigenvalue weighted by Crippen LogP contribution is 2.62. The number of ketones is 1. The third-order valence-corrected chi connectivity index (χ3v) is 7.99. The van der Waals surface area contributed by atoms with Gasteiger partial charge in [0, 0.05) is 5.92 Å². The van der Waals surface area contributed by atoms with Gasteiger partial charge >= 0.3 is 0 Å². The van der Waals surface area contributed by atoms with E-state index < -0.39 is 5.60 Å². The van der Waals surface area contributed by atoms with Gasteiger partial charge in [-0.25, -0.2) is 0 Å². The maximum absolute atomic E-state index is 12.4. The Labute approximate surface area is 149 Å². The molecule has 0 aromatic carbocycles. The van der Waals surface area contributed by atoms with Gasteiger partial charge in [0.1, 0.15) is 5.78 Å². The van der Waals surface area contributed by atoms with Crippen LogP contribution in [-0.2, 0) is 4.79 Å². The van der Waals surface area contributed by atoms with Crippen LogP contribution in [0.3, 0.4) is 0 Å². The van der Waals surface area contributed by atoms with Crippen LogP contribution in [0, 0.1) is 35.0 Å². The molecule has 0 heterocycles. The lowest BCUT2D eigenvalue weighted by Crippen LogP contribution is -2.45. The first-order chi connectivity index (χ1) is 10.7. The summed E-state index contributed by atoms with van der Waals surface area (Å²) in [6.07, 6.45) is 9.75. The fraction of sp³-hybridized carbons (Fsp3) is 0.950. The van der Waals surface area contributed by atoms with Crippen molar-refractivity contribution in [2.45, 2.75) is 77.7 Å². The molecule has 3 saturated carbocycles. The molecule has 0 radical (unpaired) electrons. The lowest BCUT2D eigenvalue weighted by Gasteiger charge is -2.52. The van der Waals surface area contributed by atoms with Crippen molar-refractivity contribution in [3.8, 4) is 0 Å². The van der Waals surface area contributed by atoms with Crippen LogP contribution in [0.5, 0.6) is 0 Å². The number of carbonyl (C=O) groups excluding carboxylic acids is 1. The van der Waals surface area contributed by atoms with Crippen LogP contribution >= 0.6 is 15.9 Å². The van der Waals surface area contributed by atoms with E-state index in [0.717, 1.165) is 30.6 Å². The van der Waals surface area contributed by atoms with Crippen LogP contribution in [0.4, 0.5) is 0 Å². The summed E-state index contributed by atoms with van der Waals surface area (Å²) >= 11 is 3.40. The average molecular weight is 385 g/mol. The van der Waals surface area contributed by atoms with Gasteiger partial charge in [-0.2, -0.15) is 0 Å². The van der Waals surface area contributed by atoms with Gasteiger partial charge in [0.05, 0.1) is 10.9 Å². The van der Waals surface area contributed by atoms with Gasteiger partial charge in [-0.15, -0.1) is 0 Å². The number of fused-ring (bicyclic) bond motifs is 3. The molecule has 0 aromatic rings. The molecule has 0 aliphatic heterocycles. The van der Waals surface area contributed by atoms with Crippen LogP contribution < -0.4 is 0 Å². The lowest BCUT2D eigenvalue weighted by molar-refractivity contribution is -0.126. The normalized spacial score (nSPS) is 43.8. The first-order valence-electron chi connectivity index (χ1n) is 9.55. The number of carbonyl (C=O) groups is 1. The van der Waals surface area contributed by atoms with Crippen molar-refractivity contribution in [3.63, 3.8) is 0 Å². The highest BCUT2D eigenvalue weighted by Gasteiger charge is 2.56. The first-order valence-corrected chi connectivity index (χ1v) is 10.7. The van der Waals surface area contributed by atoms with Crippen molar-refractivity contribution in [1.82, 2.24) is 0 Å². The summed E-state index contributed by atoms with van der Waals surface area (Å²) in [6.45, 7) is 6.31. The van der Waals surface area contributed by atoms with Gasteiger partial charge < -0.3 is 5.11 Å². The second-order valence-electron chi connectivity index (χ2n) is 9.50. The smallest absolute Gasteiger partial charge is 0.147 e. The van der Waals surface area contributed by atoms with E-state index in [1.807, 2.05) is 13.8 Å². The van der Waals surface area contributed by atoms with Crippen LogP contribution in [-0.4, -0.2) is 21.8 Å². The zero-order valence-electron chi connectivity index (χ0n) is 15.0. The lowest BCUT2D eigenvalue weighted by atomic mass is 9.53. The standard InChI is InChI=1S/C20H33BrO2/c1-19(2,23)11-13-4-5-15-14(10-13)8-9-20(3)16(15)6-7-17(20)18(22)12-21/h13-17,23H,4-12H2,1-3H3/t13-,14-,15-,16+,17-,20+/m1/s1. The van der Waals surface area contributed by atoms with Crippen LogP contribution in [0.15, 0.2) is 0 Å². The van der Waals surface area contributed by atoms with E-state index in [-0.39, 0.29) is 5.41 Å². The Morgan fingerprint density at radius 2 is 1.96 bits per heavy atom. The minimum atomic E-state index is -0.526. The molecule has 1 N–H and O–H groups in total. The Morgan fingerprint density at radius 1 is 1.22 bits per heavy atom. The van der Waals surface area contributed by atoms with Gasteiger partial charge in [-0.1, -0.05) is 29.3 Å². The monoisotopic (exact) mass is 384 g/mol. The minimum Gasteiger partial charge on any atom is -0.390 e. The van der Waals surface area contributed by atoms with Crippen LogP contribution in [0.2, 0.25) is 0 Å². The predicted octanol–water partition coefficient (Wildman–Crippen LogP) is 4.97. The molecule has 23 heavy (non-hydrogen) atoms. The molecule has 3 rings (SSSR count). The van der Waals surface area contributed by atoms with Crippen molar-refractivity contribution < 1.29 is 9.90 Å². The SMILES string of the molecule is CC(C)(O)C[C@@H]1CC[C@@H]2[C@H](CC[C@]3(C)[C@@H](C(=O)CBr)CC[C@@H]23)C1. The van der Waals surface area contributed by atoms with Gasteiger partial charge in [0.2, 0.25) is 0 Å². The molecular weight excluding hydrogens is 352 g/mol. The summed E-state index contributed by atoms with van der Waals surface area (Å²) in [7, 11) is 0. The Hall–Kier alpha value is 0.110. The van der Waals surface area contributed by atoms with Gasteiger partial charge in [-0.3, -0.25) is 4.79 Å². The van der Waals surface area contributed by atoms with Crippen molar-refractivity contribution in [2.24, 2.45) is 35.0 Å². The number of alkyl halides is 1. The van der Waals surface area contributed by atoms with E-state index in [1.54, 1.807) is 0 Å². The summed E-state index contributed by atoms with van der Waals surface area (Å²) in [6, 6.07) is 0. The van der Waals surface area contributed by atoms with Crippen molar-refractivity contribution in [1.29, 1.82) is 0 Å². The summed E-state index contributed by atoms with van der Waals surface area (Å²) in [4.78, 5) is 12.4. The quantitative estimate of drug-likeness (QED) is 0.694. The van der Waals surface area contributed by atoms with E-state index in [1.165, 1.54) is 38.5 Å². The summed E-state index contributed by atoms with van der Waals surface area (Å²) in [5.41, 5.74) is -0.267. The molecule has 2 nitrogen and oxygen atoms in total. The molecule has 0 amide bonds. The summed E-state index contributed by atoms with van der Waals surface area (Å²) in [5, 5.41) is 10.7. The summed E-state index contributed by atoms with van der Waals surface area (Å²) in [5.74, 6) is 3.86. The molecule has 0 saturated heterocycles. The number of rotatable bonds is 4. The van der Waals surface area contributed by atoms with E-state index in [9.17, 15) is 9.90 Å². The minimum absolute atomic E-state index is 0.259. The Bertz CT molecular complexity index is 455. The highest BCUT2D eigenvalue weighted by atomic mass is 79.9. The maximum Gasteiger partial charge on any atom is 0.147 e. The third-order valence-electron chi connectivity index (χ3n) is 7.44. The molecule has 132 valence electrons. The second kappa shape index (κ2) is 6.44. The number of Topliss-reactive ketones (excluding diaryl/α,β-unsaturated/α-hetero) is 1. The van der Waals surface area contributed by atoms with Gasteiger partial charge in [0.25, 0.3) is 0 Å².